The van der Waals surface area contributed by atoms with Crippen molar-refractivity contribution >= 4 is 5.84 Å². The lowest BCUT2D eigenvalue weighted by atomic mass is 9.83. The number of hydrogen-bond acceptors (Lipinski definition) is 3. The van der Waals surface area contributed by atoms with E-state index in [0.29, 0.717) is 5.84 Å². The molecule has 1 fully saturated rings. The van der Waals surface area contributed by atoms with Crippen LogP contribution in [0.5, 0.6) is 0 Å². The molecule has 0 aromatic heterocycles. The summed E-state index contributed by atoms with van der Waals surface area (Å²) in [5.41, 5.74) is 5.51. The van der Waals surface area contributed by atoms with Crippen LogP contribution in [0.1, 0.15) is 39.5 Å². The van der Waals surface area contributed by atoms with Crippen molar-refractivity contribution in [3.8, 4) is 0 Å². The molecule has 0 heterocycles. The second kappa shape index (κ2) is 6.74. The molecule has 1 rings (SSSR count). The zero-order chi connectivity index (χ0) is 12.0. The Balaban J connectivity index is 2.11. The van der Waals surface area contributed by atoms with Gasteiger partial charge in [0.05, 0.1) is 0 Å². The van der Waals surface area contributed by atoms with Gasteiger partial charge in [-0.15, -0.1) is 0 Å². The molecule has 0 amide bonds. The van der Waals surface area contributed by atoms with Crippen LogP contribution in [0.4, 0.5) is 0 Å². The van der Waals surface area contributed by atoms with Crippen LogP contribution in [-0.2, 0) is 0 Å². The Hall–Kier alpha value is -0.770. The van der Waals surface area contributed by atoms with E-state index < -0.39 is 0 Å². The molecule has 4 heteroatoms. The molecule has 1 atom stereocenters. The zero-order valence-corrected chi connectivity index (χ0v) is 10.4. The summed E-state index contributed by atoms with van der Waals surface area (Å²) in [6.45, 7) is 6.16. The smallest absolute Gasteiger partial charge is 0.143 e. The highest BCUT2D eigenvalue weighted by Gasteiger charge is 2.18. The van der Waals surface area contributed by atoms with Crippen LogP contribution >= 0.6 is 0 Å². The molecule has 16 heavy (non-hydrogen) atoms. The lowest BCUT2D eigenvalue weighted by molar-refractivity contribution is 0.280. The average molecular weight is 227 g/mol. The minimum atomic E-state index is 0.104. The summed E-state index contributed by atoms with van der Waals surface area (Å²) in [5.74, 6) is 2.14. The highest BCUT2D eigenvalue weighted by atomic mass is 16.4. The number of nitrogens with one attached hydrogen (secondary N) is 1. The molecule has 0 saturated heterocycles. The fraction of sp³-hybridized carbons (Fsp3) is 0.917. The normalized spacial score (nSPS) is 29.0. The van der Waals surface area contributed by atoms with E-state index in [-0.39, 0.29) is 5.92 Å². The van der Waals surface area contributed by atoms with Gasteiger partial charge in [-0.05, 0) is 31.2 Å². The Morgan fingerprint density at radius 1 is 1.44 bits per heavy atom. The minimum Gasteiger partial charge on any atom is -0.409 e. The Morgan fingerprint density at radius 2 is 2.06 bits per heavy atom. The van der Waals surface area contributed by atoms with Gasteiger partial charge in [0.2, 0.25) is 0 Å². The number of nitrogens with zero attached hydrogens (tertiary/aromatic N) is 1. The van der Waals surface area contributed by atoms with Crippen molar-refractivity contribution in [2.45, 2.75) is 39.5 Å². The van der Waals surface area contributed by atoms with Crippen molar-refractivity contribution in [3.05, 3.63) is 0 Å². The molecule has 0 aromatic carbocycles. The van der Waals surface area contributed by atoms with Gasteiger partial charge in [0.1, 0.15) is 5.84 Å². The molecule has 94 valence electrons. The van der Waals surface area contributed by atoms with Gasteiger partial charge in [-0.1, -0.05) is 31.8 Å². The van der Waals surface area contributed by atoms with Gasteiger partial charge in [0, 0.05) is 12.5 Å². The Morgan fingerprint density at radius 3 is 2.62 bits per heavy atom. The molecule has 0 aliphatic heterocycles. The molecule has 1 aliphatic carbocycles. The van der Waals surface area contributed by atoms with E-state index in [1.807, 2.05) is 6.92 Å². The molecule has 1 unspecified atom stereocenters. The van der Waals surface area contributed by atoms with Crippen molar-refractivity contribution in [1.29, 1.82) is 0 Å². The molecule has 0 bridgehead atoms. The number of rotatable bonds is 5. The molecule has 4 nitrogen and oxygen atoms in total. The Labute approximate surface area is 98.3 Å². The largest absolute Gasteiger partial charge is 0.409 e. The summed E-state index contributed by atoms with van der Waals surface area (Å²) < 4.78 is 0. The monoisotopic (exact) mass is 227 g/mol. The molecular formula is C12H25N3O. The van der Waals surface area contributed by atoms with Crippen molar-refractivity contribution in [2.75, 3.05) is 13.1 Å². The van der Waals surface area contributed by atoms with Gasteiger partial charge in [-0.25, -0.2) is 0 Å². The first-order valence-electron chi connectivity index (χ1n) is 6.31. The van der Waals surface area contributed by atoms with Gasteiger partial charge in [0.15, 0.2) is 0 Å². The van der Waals surface area contributed by atoms with E-state index in [9.17, 15) is 0 Å². The predicted molar refractivity (Wildman–Crippen MR) is 66.6 cm³/mol. The lowest BCUT2D eigenvalue weighted by Gasteiger charge is -2.26. The van der Waals surface area contributed by atoms with Crippen LogP contribution in [-0.4, -0.2) is 24.1 Å². The van der Waals surface area contributed by atoms with Gasteiger partial charge in [0.25, 0.3) is 0 Å². The van der Waals surface area contributed by atoms with E-state index in [1.54, 1.807) is 0 Å². The first-order chi connectivity index (χ1) is 7.63. The van der Waals surface area contributed by atoms with Crippen molar-refractivity contribution < 1.29 is 5.21 Å². The Kier molecular flexibility index (Phi) is 5.60. The van der Waals surface area contributed by atoms with E-state index in [1.165, 1.54) is 25.7 Å². The van der Waals surface area contributed by atoms with Gasteiger partial charge in [-0.3, -0.25) is 0 Å². The molecule has 1 saturated carbocycles. The topological polar surface area (TPSA) is 70.6 Å². The average Bonchev–Trinajstić information content (AvgIpc) is 2.30. The molecule has 1 aliphatic rings. The number of hydrogen-bond donors (Lipinski definition) is 3. The first kappa shape index (κ1) is 13.3. The van der Waals surface area contributed by atoms with E-state index in [2.05, 4.69) is 17.4 Å². The molecular weight excluding hydrogens is 202 g/mol. The van der Waals surface area contributed by atoms with Gasteiger partial charge >= 0.3 is 0 Å². The summed E-state index contributed by atoms with van der Waals surface area (Å²) in [6.07, 6.45) is 5.41. The molecule has 0 aromatic rings. The standard InChI is InChI=1S/C12H25N3O/c1-9-3-5-11(6-4-9)8-14-7-10(2)12(13)15-16/h9-11,14,16H,3-8H2,1-2H3,(H2,13,15). The van der Waals surface area contributed by atoms with Gasteiger partial charge in [-0.2, -0.15) is 0 Å². The second-order valence-electron chi connectivity index (χ2n) is 5.21. The number of nitrogens with two attached hydrogens (primary N) is 1. The van der Waals surface area contributed by atoms with Crippen molar-refractivity contribution in [3.63, 3.8) is 0 Å². The van der Waals surface area contributed by atoms with Crippen LogP contribution < -0.4 is 11.1 Å². The summed E-state index contributed by atoms with van der Waals surface area (Å²) in [6, 6.07) is 0. The maximum absolute atomic E-state index is 8.52. The summed E-state index contributed by atoms with van der Waals surface area (Å²) in [5, 5.41) is 14.9. The highest BCUT2D eigenvalue weighted by molar-refractivity contribution is 5.82. The molecule has 0 spiro atoms. The Bertz CT molecular complexity index is 222. The van der Waals surface area contributed by atoms with E-state index in [0.717, 1.165) is 24.9 Å². The maximum Gasteiger partial charge on any atom is 0.143 e. The summed E-state index contributed by atoms with van der Waals surface area (Å²) in [7, 11) is 0. The molecule has 4 N–H and O–H groups in total. The van der Waals surface area contributed by atoms with Gasteiger partial charge < -0.3 is 16.3 Å². The zero-order valence-electron chi connectivity index (χ0n) is 10.4. The third-order valence-electron chi connectivity index (χ3n) is 3.64. The van der Waals surface area contributed by atoms with Crippen molar-refractivity contribution in [1.82, 2.24) is 5.32 Å². The minimum absolute atomic E-state index is 0.104. The SMILES string of the molecule is CC1CCC(CNCC(C)C(N)=NO)CC1. The van der Waals surface area contributed by atoms with Crippen LogP contribution in [0.25, 0.3) is 0 Å². The van der Waals surface area contributed by atoms with E-state index >= 15 is 0 Å². The van der Waals surface area contributed by atoms with Crippen LogP contribution in [0.2, 0.25) is 0 Å². The van der Waals surface area contributed by atoms with E-state index in [4.69, 9.17) is 10.9 Å². The third-order valence-corrected chi connectivity index (χ3v) is 3.64. The molecule has 0 radical (unpaired) electrons. The lowest BCUT2D eigenvalue weighted by Crippen LogP contribution is -2.34. The maximum atomic E-state index is 8.52. The second-order valence-corrected chi connectivity index (χ2v) is 5.21. The van der Waals surface area contributed by atoms with Crippen LogP contribution in [0.15, 0.2) is 5.16 Å². The van der Waals surface area contributed by atoms with Crippen molar-refractivity contribution in [2.24, 2.45) is 28.6 Å². The fourth-order valence-electron chi connectivity index (χ4n) is 2.24. The highest BCUT2D eigenvalue weighted by Crippen LogP contribution is 2.27. The summed E-state index contributed by atoms with van der Waals surface area (Å²) >= 11 is 0. The van der Waals surface area contributed by atoms with Crippen LogP contribution in [0, 0.1) is 17.8 Å². The first-order valence-corrected chi connectivity index (χ1v) is 6.31. The fourth-order valence-corrected chi connectivity index (χ4v) is 2.24. The third kappa shape index (κ3) is 4.39. The quantitative estimate of drug-likeness (QED) is 0.290. The van der Waals surface area contributed by atoms with Crippen LogP contribution in [0.3, 0.4) is 0 Å². The number of oxime groups is 1. The number of amidine groups is 1. The predicted octanol–water partition coefficient (Wildman–Crippen LogP) is 1.78. The summed E-state index contributed by atoms with van der Waals surface area (Å²) in [4.78, 5) is 0.